The third kappa shape index (κ3) is 7.02. The quantitative estimate of drug-likeness (QED) is 0.378. The minimum absolute atomic E-state index is 0.0410. The molecule has 2 N–H and O–H groups in total. The standard InChI is InChI=1S/C33H51N5O5/c1-22(2)18-33(12-14-36(5)21-33)35-29(39)23-16-24(20-34-19-23)30(40)38(25-8-9-25)26-10-11-28-27(17-26)37(13-7-15-42-6)31(41)32(3,4)43-28/h10-11,17,22-25,34H,7-9,12-16,18-21H2,1-6H3,(H,35,39)/t23-,24+,33?/m0/s1. The number of ether oxygens (including phenoxy) is 2. The first-order chi connectivity index (χ1) is 20.4. The number of hydrogen-bond acceptors (Lipinski definition) is 7. The van der Waals surface area contributed by atoms with Gasteiger partial charge < -0.3 is 34.8 Å². The molecule has 1 aromatic carbocycles. The van der Waals surface area contributed by atoms with Crippen LogP contribution in [-0.4, -0.2) is 93.3 Å². The van der Waals surface area contributed by atoms with Crippen LogP contribution < -0.4 is 25.2 Å². The molecule has 1 aromatic rings. The fourth-order valence-corrected chi connectivity index (χ4v) is 7.22. The van der Waals surface area contributed by atoms with Crippen molar-refractivity contribution >= 4 is 29.1 Å². The maximum absolute atomic E-state index is 14.2. The van der Waals surface area contributed by atoms with Crippen LogP contribution in [0, 0.1) is 17.8 Å². The van der Waals surface area contributed by atoms with Gasteiger partial charge in [0.2, 0.25) is 11.8 Å². The zero-order valence-corrected chi connectivity index (χ0v) is 26.9. The number of benzene rings is 1. The highest BCUT2D eigenvalue weighted by Gasteiger charge is 2.45. The van der Waals surface area contributed by atoms with Gasteiger partial charge in [-0.15, -0.1) is 0 Å². The van der Waals surface area contributed by atoms with Gasteiger partial charge in [0.05, 0.1) is 23.1 Å². The van der Waals surface area contributed by atoms with Gasteiger partial charge in [-0.1, -0.05) is 13.8 Å². The lowest BCUT2D eigenvalue weighted by molar-refractivity contribution is -0.132. The summed E-state index contributed by atoms with van der Waals surface area (Å²) in [4.78, 5) is 47.2. The molecule has 2 saturated heterocycles. The predicted molar refractivity (Wildman–Crippen MR) is 167 cm³/mol. The number of nitrogens with one attached hydrogen (secondary N) is 2. The van der Waals surface area contributed by atoms with E-state index in [1.807, 2.05) is 23.1 Å². The largest absolute Gasteiger partial charge is 0.476 e. The topological polar surface area (TPSA) is 103 Å². The number of amides is 3. The summed E-state index contributed by atoms with van der Waals surface area (Å²) >= 11 is 0. The van der Waals surface area contributed by atoms with E-state index in [9.17, 15) is 14.4 Å². The zero-order chi connectivity index (χ0) is 30.9. The molecule has 3 fully saturated rings. The van der Waals surface area contributed by atoms with E-state index in [1.54, 1.807) is 25.9 Å². The molecule has 3 aliphatic heterocycles. The molecular weight excluding hydrogens is 546 g/mol. The first kappa shape index (κ1) is 31.7. The predicted octanol–water partition coefficient (Wildman–Crippen LogP) is 3.18. The number of methoxy groups -OCH3 is 1. The van der Waals surface area contributed by atoms with Gasteiger partial charge in [-0.2, -0.15) is 0 Å². The summed E-state index contributed by atoms with van der Waals surface area (Å²) in [5.41, 5.74) is 0.282. The van der Waals surface area contributed by atoms with Crippen molar-refractivity contribution in [1.29, 1.82) is 0 Å². The first-order valence-electron chi connectivity index (χ1n) is 16.1. The molecule has 238 valence electrons. The highest BCUT2D eigenvalue weighted by atomic mass is 16.5. The number of piperidine rings is 1. The summed E-state index contributed by atoms with van der Waals surface area (Å²) in [5, 5.41) is 6.84. The summed E-state index contributed by atoms with van der Waals surface area (Å²) in [6, 6.07) is 5.87. The number of anilines is 2. The van der Waals surface area contributed by atoms with Crippen molar-refractivity contribution in [3.8, 4) is 5.75 Å². The molecule has 10 nitrogen and oxygen atoms in total. The molecule has 10 heteroatoms. The second-order valence-electron chi connectivity index (χ2n) is 14.2. The van der Waals surface area contributed by atoms with E-state index in [2.05, 4.69) is 36.4 Å². The van der Waals surface area contributed by atoms with Crippen molar-refractivity contribution < 1.29 is 23.9 Å². The van der Waals surface area contributed by atoms with E-state index in [0.29, 0.717) is 56.4 Å². The molecule has 4 aliphatic rings. The molecule has 3 heterocycles. The number of likely N-dealkylation sites (tertiary alicyclic amines) is 1. The Morgan fingerprint density at radius 2 is 1.95 bits per heavy atom. The van der Waals surface area contributed by atoms with Gasteiger partial charge >= 0.3 is 0 Å². The second kappa shape index (κ2) is 12.7. The first-order valence-corrected chi connectivity index (χ1v) is 16.1. The zero-order valence-electron chi connectivity index (χ0n) is 26.9. The van der Waals surface area contributed by atoms with Gasteiger partial charge in [-0.3, -0.25) is 14.4 Å². The number of likely N-dealkylation sites (N-methyl/N-ethyl adjacent to an activating group) is 1. The molecular formula is C33H51N5O5. The summed E-state index contributed by atoms with van der Waals surface area (Å²) in [6.07, 6.45) is 5.01. The van der Waals surface area contributed by atoms with Crippen LogP contribution in [0.1, 0.15) is 66.2 Å². The molecule has 3 amide bonds. The minimum atomic E-state index is -0.974. The Hall–Kier alpha value is -2.69. The molecule has 1 saturated carbocycles. The van der Waals surface area contributed by atoms with Crippen molar-refractivity contribution in [3.63, 3.8) is 0 Å². The second-order valence-corrected chi connectivity index (χ2v) is 14.2. The molecule has 43 heavy (non-hydrogen) atoms. The average Bonchev–Trinajstić information content (AvgIpc) is 3.72. The van der Waals surface area contributed by atoms with Crippen molar-refractivity contribution in [2.75, 3.05) is 63.3 Å². The third-order valence-electron chi connectivity index (χ3n) is 9.32. The van der Waals surface area contributed by atoms with Gasteiger partial charge in [0.15, 0.2) is 5.60 Å². The maximum Gasteiger partial charge on any atom is 0.270 e. The summed E-state index contributed by atoms with van der Waals surface area (Å²) in [6.45, 7) is 12.0. The molecule has 1 unspecified atom stereocenters. The average molecular weight is 598 g/mol. The van der Waals surface area contributed by atoms with Gasteiger partial charge in [-0.05, 0) is 83.5 Å². The van der Waals surface area contributed by atoms with Crippen LogP contribution in [0.4, 0.5) is 11.4 Å². The number of nitrogens with zero attached hydrogens (tertiary/aromatic N) is 3. The number of carbonyl (C=O) groups is 3. The third-order valence-corrected chi connectivity index (χ3v) is 9.32. The van der Waals surface area contributed by atoms with Crippen LogP contribution >= 0.6 is 0 Å². The van der Waals surface area contributed by atoms with Crippen molar-refractivity contribution in [1.82, 2.24) is 15.5 Å². The van der Waals surface area contributed by atoms with Crippen LogP contribution in [0.15, 0.2) is 18.2 Å². The molecule has 0 spiro atoms. The van der Waals surface area contributed by atoms with Gasteiger partial charge in [0.1, 0.15) is 5.75 Å². The van der Waals surface area contributed by atoms with Crippen LogP contribution in [0.5, 0.6) is 5.75 Å². The van der Waals surface area contributed by atoms with Crippen LogP contribution in [0.25, 0.3) is 0 Å². The highest BCUT2D eigenvalue weighted by Crippen LogP contribution is 2.43. The fraction of sp³-hybridized carbons (Fsp3) is 0.727. The van der Waals surface area contributed by atoms with Gasteiger partial charge in [0.25, 0.3) is 5.91 Å². The van der Waals surface area contributed by atoms with E-state index in [4.69, 9.17) is 9.47 Å². The summed E-state index contributed by atoms with van der Waals surface area (Å²) in [7, 11) is 3.77. The molecule has 5 rings (SSSR count). The summed E-state index contributed by atoms with van der Waals surface area (Å²) in [5.74, 6) is 0.549. The van der Waals surface area contributed by atoms with E-state index in [0.717, 1.165) is 44.5 Å². The minimum Gasteiger partial charge on any atom is -0.476 e. The lowest BCUT2D eigenvalue weighted by Gasteiger charge is -2.40. The Morgan fingerprint density at radius 1 is 1.21 bits per heavy atom. The Kier molecular flexibility index (Phi) is 9.40. The van der Waals surface area contributed by atoms with Crippen molar-refractivity contribution in [2.45, 2.75) is 83.4 Å². The van der Waals surface area contributed by atoms with Crippen LogP contribution in [-0.2, 0) is 19.1 Å². The fourth-order valence-electron chi connectivity index (χ4n) is 7.22. The van der Waals surface area contributed by atoms with Crippen LogP contribution in [0.2, 0.25) is 0 Å². The Balaban J connectivity index is 1.33. The smallest absolute Gasteiger partial charge is 0.270 e. The number of carbonyl (C=O) groups excluding carboxylic acids is 3. The SMILES string of the molecule is COCCCN1C(=O)C(C)(C)Oc2ccc(N(C(=O)[C@H]3CNC[C@@H](C(=O)NC4(CC(C)C)CCN(C)C4)C3)C3CC3)cc21. The van der Waals surface area contributed by atoms with Crippen molar-refractivity contribution in [2.24, 2.45) is 17.8 Å². The number of rotatable bonds is 11. The molecule has 0 bridgehead atoms. The van der Waals surface area contributed by atoms with E-state index < -0.39 is 5.60 Å². The Morgan fingerprint density at radius 3 is 2.60 bits per heavy atom. The normalized spacial score (nSPS) is 27.1. The monoisotopic (exact) mass is 597 g/mol. The number of fused-ring (bicyclic) bond motifs is 1. The Bertz CT molecular complexity index is 1200. The molecule has 0 radical (unpaired) electrons. The lowest BCUT2D eigenvalue weighted by atomic mass is 9.85. The van der Waals surface area contributed by atoms with Gasteiger partial charge in [0, 0.05) is 58.2 Å². The Labute approximate surface area is 256 Å². The van der Waals surface area contributed by atoms with E-state index >= 15 is 0 Å². The summed E-state index contributed by atoms with van der Waals surface area (Å²) < 4.78 is 11.3. The molecule has 0 aromatic heterocycles. The lowest BCUT2D eigenvalue weighted by Crippen LogP contribution is -2.56. The van der Waals surface area contributed by atoms with Crippen LogP contribution in [0.3, 0.4) is 0 Å². The van der Waals surface area contributed by atoms with E-state index in [-0.39, 0.29) is 41.1 Å². The maximum atomic E-state index is 14.2. The highest BCUT2D eigenvalue weighted by molar-refractivity contribution is 6.04. The molecule has 1 aliphatic carbocycles. The van der Waals surface area contributed by atoms with Crippen molar-refractivity contribution in [3.05, 3.63) is 18.2 Å². The van der Waals surface area contributed by atoms with Gasteiger partial charge in [-0.25, -0.2) is 0 Å². The molecule has 3 atom stereocenters. The van der Waals surface area contributed by atoms with E-state index in [1.165, 1.54) is 0 Å². The number of hydrogen-bond donors (Lipinski definition) is 2.